The van der Waals surface area contributed by atoms with Crippen LogP contribution in [-0.2, 0) is 9.53 Å². The minimum atomic E-state index is -0.693. The van der Waals surface area contributed by atoms with Crippen LogP contribution in [0.1, 0.15) is 13.8 Å². The second kappa shape index (κ2) is 2.74. The average Bonchev–Trinajstić information content (AvgIpc) is 2.09. The Balaban J connectivity index is 2.75. The molecular weight excluding hydrogens is 146 g/mol. The van der Waals surface area contributed by atoms with Crippen molar-refractivity contribution >= 4 is 12.1 Å². The van der Waals surface area contributed by atoms with E-state index in [4.69, 9.17) is 0 Å². The highest BCUT2D eigenvalue weighted by molar-refractivity contribution is 6.03. The van der Waals surface area contributed by atoms with Crippen LogP contribution in [0.25, 0.3) is 0 Å². The first-order chi connectivity index (χ1) is 5.09. The van der Waals surface area contributed by atoms with Gasteiger partial charge in [0.2, 0.25) is 0 Å². The van der Waals surface area contributed by atoms with E-state index in [1.54, 1.807) is 6.08 Å². The van der Waals surface area contributed by atoms with Gasteiger partial charge < -0.3 is 4.74 Å². The van der Waals surface area contributed by atoms with E-state index in [-0.39, 0.29) is 11.6 Å². The maximum Gasteiger partial charge on any atom is 0.419 e. The first-order valence-corrected chi connectivity index (χ1v) is 3.34. The van der Waals surface area contributed by atoms with Crippen molar-refractivity contribution < 1.29 is 14.3 Å². The fourth-order valence-electron chi connectivity index (χ4n) is 0.769. The van der Waals surface area contributed by atoms with Crippen LogP contribution >= 0.6 is 0 Å². The van der Waals surface area contributed by atoms with Crippen LogP contribution < -0.4 is 5.32 Å². The summed E-state index contributed by atoms with van der Waals surface area (Å²) >= 11 is 0. The Morgan fingerprint density at radius 1 is 1.45 bits per heavy atom. The van der Waals surface area contributed by atoms with Gasteiger partial charge >= 0.3 is 12.1 Å². The van der Waals surface area contributed by atoms with Crippen LogP contribution in [-0.4, -0.2) is 12.1 Å². The van der Waals surface area contributed by atoms with Crippen molar-refractivity contribution in [3.05, 3.63) is 11.8 Å². The van der Waals surface area contributed by atoms with E-state index in [1.807, 2.05) is 13.8 Å². The molecule has 1 N–H and O–H groups in total. The van der Waals surface area contributed by atoms with Crippen molar-refractivity contribution in [2.24, 2.45) is 5.92 Å². The van der Waals surface area contributed by atoms with Crippen LogP contribution in [0.3, 0.4) is 0 Å². The van der Waals surface area contributed by atoms with Gasteiger partial charge in [-0.25, -0.2) is 9.59 Å². The van der Waals surface area contributed by atoms with Gasteiger partial charge in [0.1, 0.15) is 5.70 Å². The van der Waals surface area contributed by atoms with Crippen LogP contribution in [0.4, 0.5) is 4.79 Å². The van der Waals surface area contributed by atoms with E-state index < -0.39 is 12.1 Å². The van der Waals surface area contributed by atoms with Crippen LogP contribution in [0.5, 0.6) is 0 Å². The third-order valence-corrected chi connectivity index (χ3v) is 1.14. The van der Waals surface area contributed by atoms with Gasteiger partial charge in [0.15, 0.2) is 0 Å². The second-order valence-corrected chi connectivity index (χ2v) is 2.63. The fraction of sp³-hybridized carbons (Fsp3) is 0.429. The summed E-state index contributed by atoms with van der Waals surface area (Å²) in [5, 5.41) is 2.29. The smallest absolute Gasteiger partial charge is 0.371 e. The second-order valence-electron chi connectivity index (χ2n) is 2.63. The zero-order valence-electron chi connectivity index (χ0n) is 6.38. The van der Waals surface area contributed by atoms with E-state index >= 15 is 0 Å². The average molecular weight is 155 g/mol. The standard InChI is InChI=1S/C7H9NO3/c1-4(2)3-5-6(9)11-7(10)8-5/h3-4H,1-2H3,(H,8,10). The molecule has 11 heavy (non-hydrogen) atoms. The lowest BCUT2D eigenvalue weighted by atomic mass is 10.2. The van der Waals surface area contributed by atoms with Gasteiger partial charge in [0, 0.05) is 0 Å². The molecule has 4 nitrogen and oxygen atoms in total. The van der Waals surface area contributed by atoms with Crippen LogP contribution in [0.15, 0.2) is 11.8 Å². The summed E-state index contributed by atoms with van der Waals surface area (Å²) in [4.78, 5) is 21.2. The molecule has 1 aliphatic rings. The molecule has 0 aliphatic carbocycles. The molecule has 1 aliphatic heterocycles. The molecule has 0 aromatic heterocycles. The maximum atomic E-state index is 10.7. The third-order valence-electron chi connectivity index (χ3n) is 1.14. The monoisotopic (exact) mass is 155 g/mol. The number of hydrogen-bond acceptors (Lipinski definition) is 3. The quantitative estimate of drug-likeness (QED) is 0.346. The van der Waals surface area contributed by atoms with Gasteiger partial charge in [0.25, 0.3) is 0 Å². The number of allylic oxidation sites excluding steroid dienone is 1. The third kappa shape index (κ3) is 1.80. The van der Waals surface area contributed by atoms with Gasteiger partial charge in [-0.3, -0.25) is 5.32 Å². The minimum Gasteiger partial charge on any atom is -0.371 e. The number of nitrogens with one attached hydrogen (secondary N) is 1. The Morgan fingerprint density at radius 2 is 2.09 bits per heavy atom. The number of esters is 1. The minimum absolute atomic E-state index is 0.218. The number of rotatable bonds is 1. The molecule has 4 heteroatoms. The van der Waals surface area contributed by atoms with E-state index in [1.165, 1.54) is 0 Å². The Labute approximate surface area is 64.2 Å². The summed E-state index contributed by atoms with van der Waals surface area (Å²) in [6, 6.07) is 0. The molecule has 0 radical (unpaired) electrons. The lowest BCUT2D eigenvalue weighted by Crippen LogP contribution is -2.12. The summed E-state index contributed by atoms with van der Waals surface area (Å²) in [6.45, 7) is 3.81. The molecule has 1 fully saturated rings. The molecule has 0 saturated carbocycles. The maximum absolute atomic E-state index is 10.7. The SMILES string of the molecule is CC(C)C=C1NC(=O)OC1=O. The van der Waals surface area contributed by atoms with Crippen molar-refractivity contribution in [3.8, 4) is 0 Å². The molecular formula is C7H9NO3. The number of alkyl carbamates (subject to hydrolysis) is 1. The molecule has 1 amide bonds. The van der Waals surface area contributed by atoms with E-state index in [2.05, 4.69) is 10.1 Å². The topological polar surface area (TPSA) is 55.4 Å². The number of carbonyl (C=O) groups is 2. The number of cyclic esters (lactones) is 2. The van der Waals surface area contributed by atoms with E-state index in [0.717, 1.165) is 0 Å². The number of amides is 1. The molecule has 1 rings (SSSR count). The Bertz CT molecular complexity index is 230. The molecule has 0 atom stereocenters. The van der Waals surface area contributed by atoms with Crippen LogP contribution in [0.2, 0.25) is 0 Å². The lowest BCUT2D eigenvalue weighted by Gasteiger charge is -1.94. The summed E-state index contributed by atoms with van der Waals surface area (Å²) < 4.78 is 4.22. The van der Waals surface area contributed by atoms with Crippen molar-refractivity contribution in [1.29, 1.82) is 0 Å². The molecule has 0 unspecified atom stereocenters. The first-order valence-electron chi connectivity index (χ1n) is 3.34. The van der Waals surface area contributed by atoms with E-state index in [9.17, 15) is 9.59 Å². The van der Waals surface area contributed by atoms with Gasteiger partial charge in [-0.2, -0.15) is 0 Å². The number of hydrogen-bond donors (Lipinski definition) is 1. The molecule has 60 valence electrons. The highest BCUT2D eigenvalue weighted by Crippen LogP contribution is 2.07. The predicted octanol–water partition coefficient (Wildman–Crippen LogP) is 0.793. The Hall–Kier alpha value is -1.32. The lowest BCUT2D eigenvalue weighted by molar-refractivity contribution is -0.130. The van der Waals surface area contributed by atoms with E-state index in [0.29, 0.717) is 0 Å². The Kier molecular flexibility index (Phi) is 1.94. The highest BCUT2D eigenvalue weighted by Gasteiger charge is 2.25. The Morgan fingerprint density at radius 3 is 2.45 bits per heavy atom. The van der Waals surface area contributed by atoms with Gasteiger partial charge in [-0.15, -0.1) is 0 Å². The highest BCUT2D eigenvalue weighted by atomic mass is 16.6. The number of carbonyl (C=O) groups excluding carboxylic acids is 2. The molecule has 0 bridgehead atoms. The van der Waals surface area contributed by atoms with Crippen LogP contribution in [0, 0.1) is 5.92 Å². The van der Waals surface area contributed by atoms with Crippen molar-refractivity contribution in [3.63, 3.8) is 0 Å². The predicted molar refractivity (Wildman–Crippen MR) is 37.5 cm³/mol. The zero-order chi connectivity index (χ0) is 8.43. The van der Waals surface area contributed by atoms with Gasteiger partial charge in [-0.1, -0.05) is 19.9 Å². The zero-order valence-corrected chi connectivity index (χ0v) is 6.38. The van der Waals surface area contributed by atoms with Gasteiger partial charge in [-0.05, 0) is 5.92 Å². The van der Waals surface area contributed by atoms with Crippen molar-refractivity contribution in [2.75, 3.05) is 0 Å². The molecule has 0 aromatic carbocycles. The van der Waals surface area contributed by atoms with Gasteiger partial charge in [0.05, 0.1) is 0 Å². The molecule has 1 heterocycles. The normalized spacial score (nSPS) is 20.8. The summed E-state index contributed by atoms with van der Waals surface area (Å²) in [7, 11) is 0. The van der Waals surface area contributed by atoms with Crippen molar-refractivity contribution in [1.82, 2.24) is 5.32 Å². The summed E-state index contributed by atoms with van der Waals surface area (Å²) in [6.07, 6.45) is 0.953. The molecule has 0 aromatic rings. The fourth-order valence-corrected chi connectivity index (χ4v) is 0.769. The molecule has 1 saturated heterocycles. The molecule has 0 spiro atoms. The largest absolute Gasteiger partial charge is 0.419 e. The number of ether oxygens (including phenoxy) is 1. The van der Waals surface area contributed by atoms with Crippen molar-refractivity contribution in [2.45, 2.75) is 13.8 Å². The first kappa shape index (κ1) is 7.78. The summed E-state index contributed by atoms with van der Waals surface area (Å²) in [5.41, 5.74) is 0.241. The summed E-state index contributed by atoms with van der Waals surface area (Å²) in [5.74, 6) is -0.375.